The summed E-state index contributed by atoms with van der Waals surface area (Å²) in [5.41, 5.74) is 7.67. The van der Waals surface area contributed by atoms with Gasteiger partial charge in [-0.3, -0.25) is 10.1 Å². The number of hydrogen-bond acceptors (Lipinski definition) is 4. The highest BCUT2D eigenvalue weighted by Crippen LogP contribution is 2.19. The molecule has 0 saturated carbocycles. The zero-order chi connectivity index (χ0) is 18.4. The molecule has 0 aliphatic carbocycles. The van der Waals surface area contributed by atoms with E-state index in [1.807, 2.05) is 24.3 Å². The van der Waals surface area contributed by atoms with Crippen molar-refractivity contribution in [2.75, 3.05) is 5.73 Å². The predicted octanol–water partition coefficient (Wildman–Crippen LogP) is 3.26. The van der Waals surface area contributed by atoms with Gasteiger partial charge < -0.3 is 15.8 Å². The Bertz CT molecular complexity index is 725. The van der Waals surface area contributed by atoms with E-state index in [9.17, 15) is 9.59 Å². The quantitative estimate of drug-likeness (QED) is 0.575. The van der Waals surface area contributed by atoms with Crippen molar-refractivity contribution < 1.29 is 14.3 Å². The first-order valence-electron chi connectivity index (χ1n) is 8.09. The van der Waals surface area contributed by atoms with Crippen molar-refractivity contribution in [3.63, 3.8) is 0 Å². The number of ether oxygens (including phenoxy) is 1. The lowest BCUT2D eigenvalue weighted by atomic mass is 10.0. The van der Waals surface area contributed by atoms with Crippen molar-refractivity contribution >= 4 is 17.6 Å². The molecule has 2 rings (SSSR count). The fraction of sp³-hybridized carbons (Fsp3) is 0.263. The molecule has 0 heterocycles. The fourth-order valence-electron chi connectivity index (χ4n) is 2.20. The molecule has 132 valence electrons. The van der Waals surface area contributed by atoms with Gasteiger partial charge in [0.15, 0.2) is 6.23 Å². The van der Waals surface area contributed by atoms with E-state index in [1.165, 1.54) is 5.56 Å². The number of nitrogens with one attached hydrogen (secondary N) is 2. The van der Waals surface area contributed by atoms with Crippen LogP contribution in [0.15, 0.2) is 48.5 Å². The van der Waals surface area contributed by atoms with Gasteiger partial charge in [0.25, 0.3) is 5.91 Å². The second kappa shape index (κ2) is 8.19. The molecule has 3 amide bonds. The lowest BCUT2D eigenvalue weighted by molar-refractivity contribution is 0.0958. The first-order chi connectivity index (χ1) is 11.8. The van der Waals surface area contributed by atoms with Gasteiger partial charge in [-0.05, 0) is 54.8 Å². The Morgan fingerprint density at radius 1 is 0.960 bits per heavy atom. The van der Waals surface area contributed by atoms with E-state index in [-0.39, 0.29) is 0 Å². The Hall–Kier alpha value is -3.02. The number of rotatable bonds is 5. The van der Waals surface area contributed by atoms with Crippen LogP contribution in [0.2, 0.25) is 0 Å². The van der Waals surface area contributed by atoms with E-state index >= 15 is 0 Å². The highest BCUT2D eigenvalue weighted by atomic mass is 16.5. The summed E-state index contributed by atoms with van der Waals surface area (Å²) in [7, 11) is 0. The third kappa shape index (κ3) is 5.53. The van der Waals surface area contributed by atoms with Crippen LogP contribution in [0.3, 0.4) is 0 Å². The molecule has 1 unspecified atom stereocenters. The van der Waals surface area contributed by atoms with Gasteiger partial charge in [-0.1, -0.05) is 26.0 Å². The largest absolute Gasteiger partial charge is 0.471 e. The maximum Gasteiger partial charge on any atom is 0.324 e. The molecule has 1 atom stereocenters. The third-order valence-electron chi connectivity index (χ3n) is 3.59. The number of nitrogens with two attached hydrogens (primary N) is 1. The second-order valence-corrected chi connectivity index (χ2v) is 6.03. The van der Waals surface area contributed by atoms with Crippen molar-refractivity contribution in [3.8, 4) is 5.75 Å². The summed E-state index contributed by atoms with van der Waals surface area (Å²) in [6.07, 6.45) is -0.593. The molecule has 6 heteroatoms. The number of hydrogen-bond donors (Lipinski definition) is 3. The third-order valence-corrected chi connectivity index (χ3v) is 3.59. The number of anilines is 1. The number of amides is 3. The van der Waals surface area contributed by atoms with Crippen LogP contribution in [0.25, 0.3) is 0 Å². The topological polar surface area (TPSA) is 93.5 Å². The van der Waals surface area contributed by atoms with Gasteiger partial charge in [-0.15, -0.1) is 0 Å². The first-order valence-corrected chi connectivity index (χ1v) is 8.09. The van der Waals surface area contributed by atoms with Crippen LogP contribution in [0.4, 0.5) is 10.5 Å². The maximum atomic E-state index is 12.0. The summed E-state index contributed by atoms with van der Waals surface area (Å²) in [6, 6.07) is 13.3. The maximum absolute atomic E-state index is 12.0. The van der Waals surface area contributed by atoms with Crippen molar-refractivity contribution in [2.24, 2.45) is 0 Å². The number of imide groups is 1. The van der Waals surface area contributed by atoms with Crippen molar-refractivity contribution in [1.82, 2.24) is 10.6 Å². The molecule has 4 N–H and O–H groups in total. The van der Waals surface area contributed by atoms with E-state index in [0.717, 1.165) is 0 Å². The van der Waals surface area contributed by atoms with Crippen LogP contribution >= 0.6 is 0 Å². The predicted molar refractivity (Wildman–Crippen MR) is 97.5 cm³/mol. The molecule has 25 heavy (non-hydrogen) atoms. The van der Waals surface area contributed by atoms with E-state index in [4.69, 9.17) is 10.5 Å². The van der Waals surface area contributed by atoms with Crippen molar-refractivity contribution in [1.29, 1.82) is 0 Å². The Morgan fingerprint density at radius 2 is 1.56 bits per heavy atom. The molecule has 0 bridgehead atoms. The highest BCUT2D eigenvalue weighted by Gasteiger charge is 2.13. The van der Waals surface area contributed by atoms with Crippen LogP contribution < -0.4 is 21.1 Å². The van der Waals surface area contributed by atoms with Crippen molar-refractivity contribution in [3.05, 3.63) is 59.7 Å². The zero-order valence-electron chi connectivity index (χ0n) is 14.6. The molecule has 0 radical (unpaired) electrons. The molecule has 0 aliphatic heterocycles. The van der Waals surface area contributed by atoms with E-state index in [1.54, 1.807) is 31.2 Å². The van der Waals surface area contributed by atoms with Gasteiger partial charge in [0.1, 0.15) is 5.75 Å². The minimum atomic E-state index is -0.631. The van der Waals surface area contributed by atoms with Crippen LogP contribution in [0.1, 0.15) is 42.6 Å². The smallest absolute Gasteiger partial charge is 0.324 e. The zero-order valence-corrected chi connectivity index (χ0v) is 14.6. The van der Waals surface area contributed by atoms with Crippen LogP contribution in [-0.2, 0) is 0 Å². The minimum Gasteiger partial charge on any atom is -0.471 e. The Kier molecular flexibility index (Phi) is 6.00. The number of nitrogen functional groups attached to an aromatic ring is 1. The highest BCUT2D eigenvalue weighted by molar-refractivity contribution is 6.04. The second-order valence-electron chi connectivity index (χ2n) is 6.03. The summed E-state index contributed by atoms with van der Waals surface area (Å²) < 4.78 is 5.62. The summed E-state index contributed by atoms with van der Waals surface area (Å²) in [5.74, 6) is 0.572. The van der Waals surface area contributed by atoms with Crippen LogP contribution in [0.5, 0.6) is 5.75 Å². The summed E-state index contributed by atoms with van der Waals surface area (Å²) in [4.78, 5) is 23.8. The monoisotopic (exact) mass is 341 g/mol. The number of carbonyl (C=O) groups is 2. The lowest BCUT2D eigenvalue weighted by Gasteiger charge is -2.17. The normalized spacial score (nSPS) is 11.7. The Morgan fingerprint density at radius 3 is 2.12 bits per heavy atom. The average Bonchev–Trinajstić information content (AvgIpc) is 2.55. The Balaban J connectivity index is 1.85. The standard InChI is InChI=1S/C19H23N3O3/c1-12(2)14-6-10-17(11-7-14)25-13(3)21-19(24)22-18(23)15-4-8-16(20)9-5-15/h4-13H,20H2,1-3H3,(H2,21,22,23,24). The van der Waals surface area contributed by atoms with Gasteiger partial charge in [-0.25, -0.2) is 4.79 Å². The first kappa shape index (κ1) is 18.3. The van der Waals surface area contributed by atoms with E-state index < -0.39 is 18.2 Å². The van der Waals surface area contributed by atoms with Gasteiger partial charge in [0.05, 0.1) is 0 Å². The summed E-state index contributed by atoms with van der Waals surface area (Å²) in [6.45, 7) is 5.91. The number of urea groups is 1. The van der Waals surface area contributed by atoms with Crippen LogP contribution in [-0.4, -0.2) is 18.2 Å². The fourth-order valence-corrected chi connectivity index (χ4v) is 2.20. The molecular formula is C19H23N3O3. The summed E-state index contributed by atoms with van der Waals surface area (Å²) >= 11 is 0. The Labute approximate surface area is 147 Å². The van der Waals surface area contributed by atoms with Gasteiger partial charge in [0, 0.05) is 11.3 Å². The molecule has 2 aromatic carbocycles. The molecule has 6 nitrogen and oxygen atoms in total. The van der Waals surface area contributed by atoms with Crippen LogP contribution in [0, 0.1) is 0 Å². The molecule has 0 saturated heterocycles. The van der Waals surface area contributed by atoms with E-state index in [2.05, 4.69) is 24.5 Å². The molecule has 0 aliphatic rings. The number of benzene rings is 2. The van der Waals surface area contributed by atoms with E-state index in [0.29, 0.717) is 22.9 Å². The molecular weight excluding hydrogens is 318 g/mol. The van der Waals surface area contributed by atoms with Gasteiger partial charge in [0.2, 0.25) is 0 Å². The average molecular weight is 341 g/mol. The molecule has 0 spiro atoms. The molecule has 2 aromatic rings. The number of carbonyl (C=O) groups excluding carboxylic acids is 2. The van der Waals surface area contributed by atoms with Gasteiger partial charge in [-0.2, -0.15) is 0 Å². The summed E-state index contributed by atoms with van der Waals surface area (Å²) in [5, 5.41) is 4.81. The molecule has 0 fully saturated rings. The molecule has 0 aromatic heterocycles. The SMILES string of the molecule is CC(NC(=O)NC(=O)c1ccc(N)cc1)Oc1ccc(C(C)C)cc1. The van der Waals surface area contributed by atoms with Gasteiger partial charge >= 0.3 is 6.03 Å². The minimum absolute atomic E-state index is 0.349. The van der Waals surface area contributed by atoms with Crippen molar-refractivity contribution in [2.45, 2.75) is 32.9 Å². The lowest BCUT2D eigenvalue weighted by Crippen LogP contribution is -2.45.